The minimum absolute atomic E-state index is 0.386. The van der Waals surface area contributed by atoms with Gasteiger partial charge >= 0.3 is 11.9 Å². The Labute approximate surface area is 92.8 Å². The van der Waals surface area contributed by atoms with E-state index in [1.54, 1.807) is 4.98 Å². The Morgan fingerprint density at radius 1 is 1.41 bits per heavy atom. The number of nitrogens with zero attached hydrogens (tertiary/aromatic N) is 1. The molecule has 2 rings (SSSR count). The van der Waals surface area contributed by atoms with E-state index >= 15 is 0 Å². The third kappa shape index (κ3) is 2.26. The Hall–Kier alpha value is -1.57. The highest BCUT2D eigenvalue weighted by atomic mass is 19.4. The monoisotopic (exact) mass is 250 g/mol. The first-order valence-electron chi connectivity index (χ1n) is 4.94. The zero-order chi connectivity index (χ0) is 12.6. The van der Waals surface area contributed by atoms with Crippen molar-refractivity contribution in [1.82, 2.24) is 9.55 Å². The number of halogens is 3. The van der Waals surface area contributed by atoms with Gasteiger partial charge in [0.05, 0.1) is 0 Å². The number of H-pyrrole nitrogens is 1. The van der Waals surface area contributed by atoms with E-state index in [2.05, 4.69) is 0 Å². The van der Waals surface area contributed by atoms with Crippen molar-refractivity contribution in [1.29, 1.82) is 0 Å². The summed E-state index contributed by atoms with van der Waals surface area (Å²) in [5.74, 6) is 0. The van der Waals surface area contributed by atoms with Crippen LogP contribution in [0.25, 0.3) is 0 Å². The normalized spacial score (nSPS) is 20.8. The first-order valence-corrected chi connectivity index (χ1v) is 4.94. The summed E-state index contributed by atoms with van der Waals surface area (Å²) >= 11 is 0. The maximum Gasteiger partial charge on any atom is 0.423 e. The van der Waals surface area contributed by atoms with Crippen molar-refractivity contribution in [2.24, 2.45) is 0 Å². The molecule has 0 aliphatic carbocycles. The second kappa shape index (κ2) is 4.02. The predicted octanol–water partition coefficient (Wildman–Crippen LogP) is 0.864. The van der Waals surface area contributed by atoms with Gasteiger partial charge in [0.1, 0.15) is 11.8 Å². The van der Waals surface area contributed by atoms with E-state index in [-0.39, 0.29) is 0 Å². The van der Waals surface area contributed by atoms with Crippen molar-refractivity contribution in [3.63, 3.8) is 0 Å². The van der Waals surface area contributed by atoms with Gasteiger partial charge < -0.3 is 4.74 Å². The Balaban J connectivity index is 2.53. The van der Waals surface area contributed by atoms with Gasteiger partial charge in [-0.1, -0.05) is 0 Å². The molecule has 0 amide bonds. The van der Waals surface area contributed by atoms with Crippen LogP contribution in [-0.2, 0) is 10.9 Å². The van der Waals surface area contributed by atoms with Crippen LogP contribution >= 0.6 is 0 Å². The van der Waals surface area contributed by atoms with Crippen LogP contribution in [0.4, 0.5) is 13.2 Å². The number of nitrogens with one attached hydrogen (secondary N) is 1. The molecule has 1 N–H and O–H groups in total. The summed E-state index contributed by atoms with van der Waals surface area (Å²) in [6.07, 6.45) is -3.90. The van der Waals surface area contributed by atoms with Gasteiger partial charge in [-0.2, -0.15) is 13.2 Å². The van der Waals surface area contributed by atoms with E-state index in [1.807, 2.05) is 0 Å². The first-order chi connectivity index (χ1) is 7.89. The Bertz CT molecular complexity index is 526. The van der Waals surface area contributed by atoms with Crippen LogP contribution in [0, 0.1) is 0 Å². The molecule has 2 heterocycles. The van der Waals surface area contributed by atoms with Crippen LogP contribution in [0.5, 0.6) is 0 Å². The lowest BCUT2D eigenvalue weighted by Gasteiger charge is -2.14. The van der Waals surface area contributed by atoms with E-state index < -0.39 is 29.2 Å². The molecule has 0 aromatic carbocycles. The zero-order valence-corrected chi connectivity index (χ0v) is 8.58. The minimum Gasteiger partial charge on any atom is -0.358 e. The highest BCUT2D eigenvalue weighted by molar-refractivity contribution is 5.09. The van der Waals surface area contributed by atoms with Gasteiger partial charge in [0, 0.05) is 12.8 Å². The summed E-state index contributed by atoms with van der Waals surface area (Å²) in [5.41, 5.74) is -3.72. The van der Waals surface area contributed by atoms with E-state index in [1.165, 1.54) is 0 Å². The summed E-state index contributed by atoms with van der Waals surface area (Å²) in [6.45, 7) is 0.386. The van der Waals surface area contributed by atoms with Gasteiger partial charge in [0.15, 0.2) is 0 Å². The highest BCUT2D eigenvalue weighted by Crippen LogP contribution is 2.27. The lowest BCUT2D eigenvalue weighted by atomic mass is 10.3. The van der Waals surface area contributed by atoms with Crippen molar-refractivity contribution in [2.45, 2.75) is 25.2 Å². The number of aromatic amines is 1. The highest BCUT2D eigenvalue weighted by Gasteiger charge is 2.35. The van der Waals surface area contributed by atoms with E-state index in [4.69, 9.17) is 4.74 Å². The van der Waals surface area contributed by atoms with Gasteiger partial charge in [-0.05, 0) is 12.8 Å². The molecule has 1 aromatic rings. The number of aromatic nitrogens is 2. The topological polar surface area (TPSA) is 64.1 Å². The number of rotatable bonds is 1. The summed E-state index contributed by atoms with van der Waals surface area (Å²) in [4.78, 5) is 24.0. The molecule has 1 unspecified atom stereocenters. The maximum atomic E-state index is 12.5. The van der Waals surface area contributed by atoms with Crippen LogP contribution in [0.2, 0.25) is 0 Å². The molecule has 94 valence electrons. The van der Waals surface area contributed by atoms with Crippen LogP contribution in [0.1, 0.15) is 24.6 Å². The summed E-state index contributed by atoms with van der Waals surface area (Å²) in [6, 6.07) is 0. The van der Waals surface area contributed by atoms with Gasteiger partial charge in [0.25, 0.3) is 5.56 Å². The number of alkyl halides is 3. The van der Waals surface area contributed by atoms with Crippen molar-refractivity contribution >= 4 is 0 Å². The van der Waals surface area contributed by atoms with Crippen LogP contribution in [-0.4, -0.2) is 16.2 Å². The molecule has 1 atom stereocenters. The summed E-state index contributed by atoms with van der Waals surface area (Å²) < 4.78 is 43.3. The molecule has 1 aliphatic heterocycles. The number of hydrogen-bond acceptors (Lipinski definition) is 3. The van der Waals surface area contributed by atoms with Crippen molar-refractivity contribution in [3.05, 3.63) is 32.6 Å². The third-order valence-electron chi connectivity index (χ3n) is 2.49. The fourth-order valence-corrected chi connectivity index (χ4v) is 1.68. The second-order valence-electron chi connectivity index (χ2n) is 3.67. The summed E-state index contributed by atoms with van der Waals surface area (Å²) in [5, 5.41) is 0. The van der Waals surface area contributed by atoms with Crippen LogP contribution < -0.4 is 11.2 Å². The molecule has 1 aromatic heterocycles. The van der Waals surface area contributed by atoms with Gasteiger partial charge in [-0.15, -0.1) is 0 Å². The second-order valence-corrected chi connectivity index (χ2v) is 3.67. The van der Waals surface area contributed by atoms with E-state index in [9.17, 15) is 22.8 Å². The molecule has 17 heavy (non-hydrogen) atoms. The molecule has 1 saturated heterocycles. The molecule has 5 nitrogen and oxygen atoms in total. The molecule has 0 bridgehead atoms. The Morgan fingerprint density at radius 3 is 2.65 bits per heavy atom. The lowest BCUT2D eigenvalue weighted by molar-refractivity contribution is -0.139. The first kappa shape index (κ1) is 11.9. The van der Waals surface area contributed by atoms with E-state index in [0.717, 1.165) is 4.57 Å². The fourth-order valence-electron chi connectivity index (χ4n) is 1.68. The van der Waals surface area contributed by atoms with Crippen molar-refractivity contribution in [3.8, 4) is 0 Å². The molecule has 1 aliphatic rings. The minimum atomic E-state index is -4.79. The molecule has 1 fully saturated rings. The molecule has 0 saturated carbocycles. The molecule has 0 spiro atoms. The van der Waals surface area contributed by atoms with Gasteiger partial charge in [-0.3, -0.25) is 14.3 Å². The van der Waals surface area contributed by atoms with E-state index in [0.29, 0.717) is 25.6 Å². The van der Waals surface area contributed by atoms with Crippen molar-refractivity contribution < 1.29 is 17.9 Å². The molecule has 0 radical (unpaired) electrons. The Morgan fingerprint density at radius 2 is 2.12 bits per heavy atom. The smallest absolute Gasteiger partial charge is 0.358 e. The number of ether oxygens (including phenoxy) is 1. The fraction of sp³-hybridized carbons (Fsp3) is 0.556. The molecule has 8 heteroatoms. The van der Waals surface area contributed by atoms with Crippen LogP contribution in [0.3, 0.4) is 0 Å². The standard InChI is InChI=1S/C9H9F3N2O3/c10-9(11,12)5-4-14(6-2-1-3-17-6)8(16)13-7(5)15/h4,6H,1-3H2,(H,13,15,16). The van der Waals surface area contributed by atoms with Gasteiger partial charge in [0.2, 0.25) is 0 Å². The predicted molar refractivity (Wildman–Crippen MR) is 50.5 cm³/mol. The maximum absolute atomic E-state index is 12.5. The van der Waals surface area contributed by atoms with Gasteiger partial charge in [-0.25, -0.2) is 4.79 Å². The summed E-state index contributed by atoms with van der Waals surface area (Å²) in [7, 11) is 0. The molecular formula is C9H9F3N2O3. The largest absolute Gasteiger partial charge is 0.423 e. The SMILES string of the molecule is O=c1[nH]c(=O)n(C2CCCO2)cc1C(F)(F)F. The van der Waals surface area contributed by atoms with Crippen LogP contribution in [0.15, 0.2) is 15.8 Å². The number of hydrogen-bond donors (Lipinski definition) is 1. The quantitative estimate of drug-likeness (QED) is 0.804. The third-order valence-corrected chi connectivity index (χ3v) is 2.49. The molecular weight excluding hydrogens is 241 g/mol. The average molecular weight is 250 g/mol. The lowest BCUT2D eigenvalue weighted by Crippen LogP contribution is -2.36. The zero-order valence-electron chi connectivity index (χ0n) is 8.58. The Kier molecular flexibility index (Phi) is 2.82. The average Bonchev–Trinajstić information content (AvgIpc) is 2.68. The van der Waals surface area contributed by atoms with Crippen molar-refractivity contribution in [2.75, 3.05) is 6.61 Å².